The van der Waals surface area contributed by atoms with Crippen molar-refractivity contribution in [1.29, 1.82) is 0 Å². The maximum atomic E-state index is 13.2. The number of piperidine rings is 1. The number of para-hydroxylation sites is 1. The van der Waals surface area contributed by atoms with Gasteiger partial charge in [0.15, 0.2) is 0 Å². The molecule has 0 saturated carbocycles. The minimum Gasteiger partial charge on any atom is -0.493 e. The van der Waals surface area contributed by atoms with E-state index in [0.717, 1.165) is 36.4 Å². The van der Waals surface area contributed by atoms with E-state index in [1.807, 2.05) is 42.2 Å². The first-order chi connectivity index (χ1) is 14.0. The molecule has 0 spiro atoms. The molecule has 4 rings (SSSR count). The smallest absolute Gasteiger partial charge is 0.272 e. The SMILES string of the molecule is Cc1ccccc1OCC1CCCN(C(=O)c2cc(C(C)C)n3ncnc3n2)C1. The van der Waals surface area contributed by atoms with Crippen LogP contribution in [0.15, 0.2) is 36.7 Å². The molecule has 0 radical (unpaired) electrons. The molecule has 2 aromatic heterocycles. The van der Waals surface area contributed by atoms with Gasteiger partial charge in [-0.1, -0.05) is 32.0 Å². The molecule has 29 heavy (non-hydrogen) atoms. The third-order valence-corrected chi connectivity index (χ3v) is 5.46. The fourth-order valence-electron chi connectivity index (χ4n) is 3.83. The zero-order chi connectivity index (χ0) is 20.4. The zero-order valence-electron chi connectivity index (χ0n) is 17.2. The summed E-state index contributed by atoms with van der Waals surface area (Å²) >= 11 is 0. The van der Waals surface area contributed by atoms with Crippen molar-refractivity contribution in [3.8, 4) is 5.75 Å². The number of likely N-dealkylation sites (tertiary alicyclic amines) is 1. The van der Waals surface area contributed by atoms with Crippen LogP contribution in [-0.2, 0) is 0 Å². The van der Waals surface area contributed by atoms with Gasteiger partial charge in [0, 0.05) is 19.0 Å². The number of nitrogens with zero attached hydrogens (tertiary/aromatic N) is 5. The Balaban J connectivity index is 1.47. The van der Waals surface area contributed by atoms with E-state index < -0.39 is 0 Å². The molecule has 0 bridgehead atoms. The summed E-state index contributed by atoms with van der Waals surface area (Å²) in [5.74, 6) is 1.87. The van der Waals surface area contributed by atoms with Crippen molar-refractivity contribution >= 4 is 11.7 Å². The number of aromatic nitrogens is 4. The minimum absolute atomic E-state index is 0.0435. The summed E-state index contributed by atoms with van der Waals surface area (Å²) in [7, 11) is 0. The molecule has 152 valence electrons. The average Bonchev–Trinajstić information content (AvgIpc) is 3.20. The Morgan fingerprint density at radius 1 is 1.31 bits per heavy atom. The van der Waals surface area contributed by atoms with E-state index in [-0.39, 0.29) is 11.8 Å². The number of amides is 1. The second kappa shape index (κ2) is 8.19. The van der Waals surface area contributed by atoms with Crippen LogP contribution in [0.4, 0.5) is 0 Å². The molecule has 3 heterocycles. The van der Waals surface area contributed by atoms with E-state index in [2.05, 4.69) is 28.9 Å². The molecule has 1 unspecified atom stereocenters. The monoisotopic (exact) mass is 393 g/mol. The maximum absolute atomic E-state index is 13.2. The standard InChI is InChI=1S/C22H27N5O2/c1-15(2)19-11-18(25-22-23-14-24-27(19)22)21(28)26-10-6-8-17(12-26)13-29-20-9-5-4-7-16(20)3/h4-5,7,9,11,14-15,17H,6,8,10,12-13H2,1-3H3. The van der Waals surface area contributed by atoms with Gasteiger partial charge in [-0.25, -0.2) is 9.50 Å². The van der Waals surface area contributed by atoms with Gasteiger partial charge in [-0.2, -0.15) is 10.1 Å². The first kappa shape index (κ1) is 19.4. The van der Waals surface area contributed by atoms with Gasteiger partial charge in [-0.05, 0) is 43.4 Å². The number of carbonyl (C=O) groups excluding carboxylic acids is 1. The van der Waals surface area contributed by atoms with Gasteiger partial charge in [-0.3, -0.25) is 4.79 Å². The molecular weight excluding hydrogens is 366 g/mol. The average molecular weight is 393 g/mol. The quantitative estimate of drug-likeness (QED) is 0.663. The molecule has 1 atom stereocenters. The molecule has 7 nitrogen and oxygen atoms in total. The Kier molecular flexibility index (Phi) is 5.47. The molecule has 7 heteroatoms. The summed E-state index contributed by atoms with van der Waals surface area (Å²) in [6.07, 6.45) is 3.50. The highest BCUT2D eigenvalue weighted by Crippen LogP contribution is 2.23. The Labute approximate surface area is 170 Å². The number of benzene rings is 1. The Morgan fingerprint density at radius 3 is 2.93 bits per heavy atom. The molecule has 3 aromatic rings. The number of hydrogen-bond acceptors (Lipinski definition) is 5. The van der Waals surface area contributed by atoms with E-state index in [4.69, 9.17) is 4.74 Å². The highest BCUT2D eigenvalue weighted by Gasteiger charge is 2.27. The second-order valence-corrected chi connectivity index (χ2v) is 8.03. The van der Waals surface area contributed by atoms with Crippen molar-refractivity contribution in [3.63, 3.8) is 0 Å². The van der Waals surface area contributed by atoms with E-state index in [9.17, 15) is 4.79 Å². The van der Waals surface area contributed by atoms with Gasteiger partial charge >= 0.3 is 0 Å². The largest absolute Gasteiger partial charge is 0.493 e. The number of carbonyl (C=O) groups is 1. The lowest BCUT2D eigenvalue weighted by Crippen LogP contribution is -2.42. The van der Waals surface area contributed by atoms with Gasteiger partial charge in [0.05, 0.1) is 12.3 Å². The third kappa shape index (κ3) is 4.09. The molecule has 0 aliphatic carbocycles. The van der Waals surface area contributed by atoms with Crippen LogP contribution in [0.1, 0.15) is 54.4 Å². The van der Waals surface area contributed by atoms with Gasteiger partial charge in [-0.15, -0.1) is 0 Å². The minimum atomic E-state index is -0.0435. The molecule has 1 amide bonds. The summed E-state index contributed by atoms with van der Waals surface area (Å²) in [5, 5.41) is 4.23. The first-order valence-corrected chi connectivity index (χ1v) is 10.2. The molecular formula is C22H27N5O2. The van der Waals surface area contributed by atoms with Gasteiger partial charge < -0.3 is 9.64 Å². The topological polar surface area (TPSA) is 72.6 Å². The molecule has 0 N–H and O–H groups in total. The van der Waals surface area contributed by atoms with E-state index >= 15 is 0 Å². The number of hydrogen-bond donors (Lipinski definition) is 0. The Morgan fingerprint density at radius 2 is 2.14 bits per heavy atom. The summed E-state index contributed by atoms with van der Waals surface area (Å²) in [6.45, 7) is 8.24. The van der Waals surface area contributed by atoms with Crippen LogP contribution in [0.25, 0.3) is 5.78 Å². The summed E-state index contributed by atoms with van der Waals surface area (Å²) < 4.78 is 7.74. The predicted molar refractivity (Wildman–Crippen MR) is 110 cm³/mol. The number of ether oxygens (including phenoxy) is 1. The summed E-state index contributed by atoms with van der Waals surface area (Å²) in [5.41, 5.74) is 2.50. The van der Waals surface area contributed by atoms with Crippen molar-refractivity contribution in [2.45, 2.75) is 39.5 Å². The van der Waals surface area contributed by atoms with Crippen molar-refractivity contribution in [2.24, 2.45) is 5.92 Å². The summed E-state index contributed by atoms with van der Waals surface area (Å²) in [6, 6.07) is 9.88. The van der Waals surface area contributed by atoms with E-state index in [0.29, 0.717) is 30.5 Å². The highest BCUT2D eigenvalue weighted by molar-refractivity contribution is 5.93. The van der Waals surface area contributed by atoms with Crippen molar-refractivity contribution in [2.75, 3.05) is 19.7 Å². The number of aryl methyl sites for hydroxylation is 1. The fourth-order valence-corrected chi connectivity index (χ4v) is 3.83. The summed E-state index contributed by atoms with van der Waals surface area (Å²) in [4.78, 5) is 23.7. The molecule has 1 saturated heterocycles. The van der Waals surface area contributed by atoms with Crippen molar-refractivity contribution in [3.05, 3.63) is 53.6 Å². The molecule has 1 fully saturated rings. The third-order valence-electron chi connectivity index (χ3n) is 5.46. The zero-order valence-corrected chi connectivity index (χ0v) is 17.2. The molecule has 1 aromatic carbocycles. The lowest BCUT2D eigenvalue weighted by atomic mass is 9.98. The first-order valence-electron chi connectivity index (χ1n) is 10.2. The van der Waals surface area contributed by atoms with Crippen LogP contribution in [0.3, 0.4) is 0 Å². The van der Waals surface area contributed by atoms with Crippen LogP contribution < -0.4 is 4.74 Å². The molecule has 1 aliphatic heterocycles. The van der Waals surface area contributed by atoms with Crippen LogP contribution in [-0.4, -0.2) is 50.1 Å². The Bertz CT molecular complexity index is 1010. The normalized spacial score (nSPS) is 17.1. The van der Waals surface area contributed by atoms with Gasteiger partial charge in [0.1, 0.15) is 17.8 Å². The Hall–Kier alpha value is -2.96. The second-order valence-electron chi connectivity index (χ2n) is 8.03. The molecule has 1 aliphatic rings. The van der Waals surface area contributed by atoms with Gasteiger partial charge in [0.2, 0.25) is 0 Å². The highest BCUT2D eigenvalue weighted by atomic mass is 16.5. The fraction of sp³-hybridized carbons (Fsp3) is 0.455. The van der Waals surface area contributed by atoms with E-state index in [1.54, 1.807) is 4.52 Å². The van der Waals surface area contributed by atoms with E-state index in [1.165, 1.54) is 6.33 Å². The van der Waals surface area contributed by atoms with Crippen LogP contribution in [0.2, 0.25) is 0 Å². The van der Waals surface area contributed by atoms with Crippen LogP contribution in [0, 0.1) is 12.8 Å². The maximum Gasteiger partial charge on any atom is 0.272 e. The number of fused-ring (bicyclic) bond motifs is 1. The van der Waals surface area contributed by atoms with Gasteiger partial charge in [0.25, 0.3) is 11.7 Å². The van der Waals surface area contributed by atoms with Crippen LogP contribution >= 0.6 is 0 Å². The lowest BCUT2D eigenvalue weighted by Gasteiger charge is -2.32. The lowest BCUT2D eigenvalue weighted by molar-refractivity contribution is 0.0627. The van der Waals surface area contributed by atoms with Crippen molar-refractivity contribution in [1.82, 2.24) is 24.5 Å². The number of rotatable bonds is 5. The van der Waals surface area contributed by atoms with Crippen molar-refractivity contribution < 1.29 is 9.53 Å². The predicted octanol–water partition coefficient (Wildman–Crippen LogP) is 3.49. The van der Waals surface area contributed by atoms with Crippen LogP contribution in [0.5, 0.6) is 5.75 Å².